The number of amides is 2. The number of carboxylic acids is 1. The predicted octanol–water partition coefficient (Wildman–Crippen LogP) is 0.512. The van der Waals surface area contributed by atoms with Crippen LogP contribution in [0.3, 0.4) is 0 Å². The zero-order chi connectivity index (χ0) is 10.6. The molecule has 1 aliphatic carbocycles. The number of hydrogen-bond acceptors (Lipinski definition) is 2. The minimum absolute atomic E-state index is 0.206. The molecule has 0 aromatic carbocycles. The molecule has 0 aromatic rings. The van der Waals surface area contributed by atoms with Gasteiger partial charge in [-0.05, 0) is 25.7 Å². The summed E-state index contributed by atoms with van der Waals surface area (Å²) in [5.74, 6) is -0.450. The van der Waals surface area contributed by atoms with E-state index >= 15 is 0 Å². The SMILES string of the molecule is CCNC(=O)N(CC(=O)O)CC1CC1. The second-order valence-electron chi connectivity index (χ2n) is 3.55. The number of carbonyl (C=O) groups excluding carboxylic acids is 1. The minimum Gasteiger partial charge on any atom is -0.480 e. The Bertz CT molecular complexity index is 226. The van der Waals surface area contributed by atoms with Gasteiger partial charge in [-0.1, -0.05) is 0 Å². The number of carboxylic acid groups (broad SMARTS) is 1. The van der Waals surface area contributed by atoms with Crippen LogP contribution in [0.5, 0.6) is 0 Å². The predicted molar refractivity (Wildman–Crippen MR) is 51.0 cm³/mol. The molecule has 0 saturated heterocycles. The van der Waals surface area contributed by atoms with Gasteiger partial charge in [0.15, 0.2) is 0 Å². The average molecular weight is 200 g/mol. The second kappa shape index (κ2) is 4.83. The quantitative estimate of drug-likeness (QED) is 0.679. The molecule has 0 heterocycles. The molecule has 0 unspecified atom stereocenters. The van der Waals surface area contributed by atoms with Crippen molar-refractivity contribution in [3.63, 3.8) is 0 Å². The minimum atomic E-state index is -0.961. The summed E-state index contributed by atoms with van der Waals surface area (Å²) in [5.41, 5.74) is 0. The first-order valence-corrected chi connectivity index (χ1v) is 4.88. The highest BCUT2D eigenvalue weighted by atomic mass is 16.4. The lowest BCUT2D eigenvalue weighted by atomic mass is 10.3. The Balaban J connectivity index is 2.41. The molecule has 0 aliphatic heterocycles. The molecule has 5 nitrogen and oxygen atoms in total. The highest BCUT2D eigenvalue weighted by Crippen LogP contribution is 2.29. The highest BCUT2D eigenvalue weighted by molar-refractivity contribution is 5.80. The van der Waals surface area contributed by atoms with Gasteiger partial charge in [-0.3, -0.25) is 4.79 Å². The maximum absolute atomic E-state index is 11.4. The Morgan fingerprint density at radius 2 is 2.14 bits per heavy atom. The largest absolute Gasteiger partial charge is 0.480 e. The Morgan fingerprint density at radius 1 is 1.50 bits per heavy atom. The van der Waals surface area contributed by atoms with Crippen molar-refractivity contribution in [2.45, 2.75) is 19.8 Å². The zero-order valence-electron chi connectivity index (χ0n) is 8.32. The van der Waals surface area contributed by atoms with Gasteiger partial charge in [-0.25, -0.2) is 4.79 Å². The topological polar surface area (TPSA) is 69.6 Å². The van der Waals surface area contributed by atoms with Crippen molar-refractivity contribution in [1.82, 2.24) is 10.2 Å². The van der Waals surface area contributed by atoms with Crippen LogP contribution in [-0.2, 0) is 4.79 Å². The van der Waals surface area contributed by atoms with Crippen LogP contribution in [0.15, 0.2) is 0 Å². The summed E-state index contributed by atoms with van der Waals surface area (Å²) in [6.45, 7) is 2.70. The van der Waals surface area contributed by atoms with Gasteiger partial charge in [0.05, 0.1) is 0 Å². The van der Waals surface area contributed by atoms with Crippen LogP contribution in [0.1, 0.15) is 19.8 Å². The van der Waals surface area contributed by atoms with Gasteiger partial charge in [0.2, 0.25) is 0 Å². The summed E-state index contributed by atoms with van der Waals surface area (Å²) in [6.07, 6.45) is 2.21. The molecule has 0 radical (unpaired) electrons. The normalized spacial score (nSPS) is 14.9. The monoisotopic (exact) mass is 200 g/mol. The fourth-order valence-corrected chi connectivity index (χ4v) is 1.26. The van der Waals surface area contributed by atoms with Crippen molar-refractivity contribution in [3.05, 3.63) is 0 Å². The zero-order valence-corrected chi connectivity index (χ0v) is 8.32. The second-order valence-corrected chi connectivity index (χ2v) is 3.55. The van der Waals surface area contributed by atoms with E-state index in [2.05, 4.69) is 5.32 Å². The van der Waals surface area contributed by atoms with Gasteiger partial charge in [-0.15, -0.1) is 0 Å². The van der Waals surface area contributed by atoms with Gasteiger partial charge in [0.25, 0.3) is 0 Å². The number of nitrogens with one attached hydrogen (secondary N) is 1. The van der Waals surface area contributed by atoms with Gasteiger partial charge in [0.1, 0.15) is 6.54 Å². The van der Waals surface area contributed by atoms with E-state index in [1.165, 1.54) is 4.90 Å². The summed E-state index contributed by atoms with van der Waals surface area (Å²) in [6, 6.07) is -0.276. The molecule has 2 N–H and O–H groups in total. The first kappa shape index (κ1) is 10.8. The van der Waals surface area contributed by atoms with E-state index in [1.54, 1.807) is 0 Å². The molecule has 0 atom stereocenters. The highest BCUT2D eigenvalue weighted by Gasteiger charge is 2.27. The van der Waals surface area contributed by atoms with Gasteiger partial charge < -0.3 is 15.3 Å². The van der Waals surface area contributed by atoms with E-state index in [-0.39, 0.29) is 12.6 Å². The van der Waals surface area contributed by atoms with Crippen LogP contribution >= 0.6 is 0 Å². The Labute approximate surface area is 83.1 Å². The molecular formula is C9H16N2O3. The molecule has 1 saturated carbocycles. The van der Waals surface area contributed by atoms with Crippen molar-refractivity contribution in [2.24, 2.45) is 5.92 Å². The van der Waals surface area contributed by atoms with Crippen molar-refractivity contribution >= 4 is 12.0 Å². The van der Waals surface area contributed by atoms with Crippen molar-refractivity contribution in [1.29, 1.82) is 0 Å². The van der Waals surface area contributed by atoms with E-state index in [1.807, 2.05) is 6.92 Å². The molecule has 1 aliphatic rings. The molecule has 2 amide bonds. The molecule has 1 rings (SSSR count). The van der Waals surface area contributed by atoms with Crippen molar-refractivity contribution in [2.75, 3.05) is 19.6 Å². The molecule has 1 fully saturated rings. The summed E-state index contributed by atoms with van der Waals surface area (Å²) in [5, 5.41) is 11.2. The van der Waals surface area contributed by atoms with E-state index in [0.29, 0.717) is 19.0 Å². The lowest BCUT2D eigenvalue weighted by molar-refractivity contribution is -0.137. The number of carbonyl (C=O) groups is 2. The maximum atomic E-state index is 11.4. The van der Waals surface area contributed by atoms with E-state index < -0.39 is 5.97 Å². The van der Waals surface area contributed by atoms with Crippen LogP contribution < -0.4 is 5.32 Å². The smallest absolute Gasteiger partial charge is 0.323 e. The number of urea groups is 1. The summed E-state index contributed by atoms with van der Waals surface area (Å²) in [7, 11) is 0. The van der Waals surface area contributed by atoms with Gasteiger partial charge in [-0.2, -0.15) is 0 Å². The summed E-state index contributed by atoms with van der Waals surface area (Å²) < 4.78 is 0. The third-order valence-corrected chi connectivity index (χ3v) is 2.12. The van der Waals surface area contributed by atoms with E-state index in [9.17, 15) is 9.59 Å². The lowest BCUT2D eigenvalue weighted by Gasteiger charge is -2.20. The van der Waals surface area contributed by atoms with Crippen molar-refractivity contribution < 1.29 is 14.7 Å². The molecular weight excluding hydrogens is 184 g/mol. The first-order chi connectivity index (χ1) is 6.63. The lowest BCUT2D eigenvalue weighted by Crippen LogP contribution is -2.43. The molecule has 0 spiro atoms. The summed E-state index contributed by atoms with van der Waals surface area (Å²) >= 11 is 0. The Morgan fingerprint density at radius 3 is 2.57 bits per heavy atom. The standard InChI is InChI=1S/C9H16N2O3/c1-2-10-9(14)11(6-8(12)13)5-7-3-4-7/h7H,2-6H2,1H3,(H,10,14)(H,12,13). The van der Waals surface area contributed by atoms with Crippen molar-refractivity contribution in [3.8, 4) is 0 Å². The number of rotatable bonds is 5. The fraction of sp³-hybridized carbons (Fsp3) is 0.778. The van der Waals surface area contributed by atoms with Crippen LogP contribution in [0.4, 0.5) is 4.79 Å². The van der Waals surface area contributed by atoms with Crippen LogP contribution in [-0.4, -0.2) is 41.6 Å². The van der Waals surface area contributed by atoms with E-state index in [4.69, 9.17) is 5.11 Å². The van der Waals surface area contributed by atoms with Crippen LogP contribution in [0.2, 0.25) is 0 Å². The van der Waals surface area contributed by atoms with Crippen LogP contribution in [0.25, 0.3) is 0 Å². The molecule has 0 aromatic heterocycles. The Kier molecular flexibility index (Phi) is 3.73. The molecule has 5 heteroatoms. The first-order valence-electron chi connectivity index (χ1n) is 4.88. The third kappa shape index (κ3) is 3.64. The number of nitrogens with zero attached hydrogens (tertiary/aromatic N) is 1. The molecule has 80 valence electrons. The van der Waals surface area contributed by atoms with Gasteiger partial charge >= 0.3 is 12.0 Å². The maximum Gasteiger partial charge on any atom is 0.323 e. The van der Waals surface area contributed by atoms with Gasteiger partial charge in [0, 0.05) is 13.1 Å². The third-order valence-electron chi connectivity index (χ3n) is 2.12. The number of aliphatic carboxylic acids is 1. The average Bonchev–Trinajstić information content (AvgIpc) is 2.86. The van der Waals surface area contributed by atoms with E-state index in [0.717, 1.165) is 12.8 Å². The Hall–Kier alpha value is -1.26. The number of hydrogen-bond donors (Lipinski definition) is 2. The summed E-state index contributed by atoms with van der Waals surface area (Å²) in [4.78, 5) is 23.3. The fourth-order valence-electron chi connectivity index (χ4n) is 1.26. The van der Waals surface area contributed by atoms with Crippen LogP contribution in [0, 0.1) is 5.92 Å². The molecule has 0 bridgehead atoms. The molecule has 14 heavy (non-hydrogen) atoms.